The van der Waals surface area contributed by atoms with Crippen molar-refractivity contribution in [3.05, 3.63) is 59.2 Å². The van der Waals surface area contributed by atoms with E-state index in [2.05, 4.69) is 10.3 Å². The molecule has 0 aliphatic carbocycles. The Bertz CT molecular complexity index is 709. The first-order valence-corrected chi connectivity index (χ1v) is 7.28. The molecule has 1 heterocycles. The van der Waals surface area contributed by atoms with E-state index in [0.29, 0.717) is 17.8 Å². The zero-order valence-corrected chi connectivity index (χ0v) is 13.4. The molecule has 0 fully saturated rings. The number of hydrogen-bond donors (Lipinski definition) is 2. The van der Waals surface area contributed by atoms with Gasteiger partial charge in [-0.3, -0.25) is 9.59 Å². The summed E-state index contributed by atoms with van der Waals surface area (Å²) in [4.78, 5) is 28.1. The topological polar surface area (TPSA) is 65.2 Å². The first-order valence-electron chi connectivity index (χ1n) is 7.28. The number of hydrogen-bond acceptors (Lipinski definition) is 3. The molecule has 0 saturated carbocycles. The van der Waals surface area contributed by atoms with Gasteiger partial charge in [0.05, 0.1) is 6.04 Å². The highest BCUT2D eigenvalue weighted by molar-refractivity contribution is 5.99. The average molecular weight is 317 g/mol. The van der Waals surface area contributed by atoms with E-state index in [1.165, 1.54) is 31.3 Å². The van der Waals surface area contributed by atoms with Crippen LogP contribution >= 0.6 is 0 Å². The molecule has 1 unspecified atom stereocenters. The van der Waals surface area contributed by atoms with Gasteiger partial charge in [0.2, 0.25) is 0 Å². The van der Waals surface area contributed by atoms with Crippen molar-refractivity contribution in [3.63, 3.8) is 0 Å². The molecule has 1 aromatic heterocycles. The maximum absolute atomic E-state index is 13.4. The molecule has 5 nitrogen and oxygen atoms in total. The minimum Gasteiger partial charge on any atom is -0.356 e. The van der Waals surface area contributed by atoms with Crippen LogP contribution in [0.5, 0.6) is 0 Å². The predicted octanol–water partition coefficient (Wildman–Crippen LogP) is 2.39. The second-order valence-corrected chi connectivity index (χ2v) is 5.60. The summed E-state index contributed by atoms with van der Waals surface area (Å²) in [6.07, 6.45) is 1.51. The van der Waals surface area contributed by atoms with Gasteiger partial charge in [-0.2, -0.15) is 0 Å². The summed E-state index contributed by atoms with van der Waals surface area (Å²) in [6, 6.07) is 7.67. The molecule has 2 rings (SSSR count). The second kappa shape index (κ2) is 7.19. The van der Waals surface area contributed by atoms with Crippen LogP contribution in [0.1, 0.15) is 39.4 Å². The number of rotatable bonds is 6. The Morgan fingerprint density at radius 2 is 2.04 bits per heavy atom. The molecule has 1 amide bonds. The Labute approximate surface area is 134 Å². The molecule has 0 aliphatic heterocycles. The lowest BCUT2D eigenvalue weighted by molar-refractivity contribution is 0.0937. The number of aromatic amines is 1. The number of carbonyl (C=O) groups excluding carboxylic acids is 2. The minimum atomic E-state index is -0.309. The Kier molecular flexibility index (Phi) is 5.28. The zero-order valence-electron chi connectivity index (χ0n) is 13.4. The third kappa shape index (κ3) is 4.26. The van der Waals surface area contributed by atoms with E-state index in [1.54, 1.807) is 6.07 Å². The number of amides is 1. The van der Waals surface area contributed by atoms with Gasteiger partial charge in [0.1, 0.15) is 11.5 Å². The van der Waals surface area contributed by atoms with Crippen LogP contribution < -0.4 is 5.32 Å². The maximum Gasteiger partial charge on any atom is 0.267 e. The molecule has 1 aromatic carbocycles. The first-order chi connectivity index (χ1) is 10.9. The van der Waals surface area contributed by atoms with Crippen LogP contribution in [0.2, 0.25) is 0 Å². The Balaban J connectivity index is 2.06. The summed E-state index contributed by atoms with van der Waals surface area (Å²) in [5.41, 5.74) is 1.57. The number of H-pyrrole nitrogens is 1. The van der Waals surface area contributed by atoms with Crippen LogP contribution in [0, 0.1) is 5.82 Å². The van der Waals surface area contributed by atoms with Crippen molar-refractivity contribution in [2.24, 2.45) is 0 Å². The monoisotopic (exact) mass is 317 g/mol. The Hall–Kier alpha value is -2.47. The van der Waals surface area contributed by atoms with Gasteiger partial charge >= 0.3 is 0 Å². The maximum atomic E-state index is 13.4. The molecule has 6 heteroatoms. The zero-order chi connectivity index (χ0) is 17.0. The fourth-order valence-corrected chi connectivity index (χ4v) is 2.33. The summed E-state index contributed by atoms with van der Waals surface area (Å²) in [7, 11) is 3.73. The lowest BCUT2D eigenvalue weighted by Crippen LogP contribution is -2.34. The van der Waals surface area contributed by atoms with Gasteiger partial charge in [0.15, 0.2) is 5.78 Å². The fourth-order valence-electron chi connectivity index (χ4n) is 2.33. The smallest absolute Gasteiger partial charge is 0.267 e. The number of halogens is 1. The van der Waals surface area contributed by atoms with Crippen LogP contribution in [0.4, 0.5) is 4.39 Å². The van der Waals surface area contributed by atoms with Gasteiger partial charge in [-0.05, 0) is 44.8 Å². The summed E-state index contributed by atoms with van der Waals surface area (Å²) < 4.78 is 13.4. The molecule has 0 radical (unpaired) electrons. The molecular weight excluding hydrogens is 297 g/mol. The van der Waals surface area contributed by atoms with E-state index in [1.807, 2.05) is 25.1 Å². The molecule has 2 aromatic rings. The minimum absolute atomic E-state index is 0.105. The van der Waals surface area contributed by atoms with Crippen LogP contribution in [0.15, 0.2) is 36.5 Å². The lowest BCUT2D eigenvalue weighted by atomic mass is 10.1. The highest BCUT2D eigenvalue weighted by Crippen LogP contribution is 2.18. The van der Waals surface area contributed by atoms with Gasteiger partial charge in [-0.25, -0.2) is 4.39 Å². The van der Waals surface area contributed by atoms with Crippen molar-refractivity contribution in [2.75, 3.05) is 20.6 Å². The molecule has 1 atom stereocenters. The predicted molar refractivity (Wildman–Crippen MR) is 86.0 cm³/mol. The first kappa shape index (κ1) is 16.9. The van der Waals surface area contributed by atoms with Crippen molar-refractivity contribution in [1.29, 1.82) is 0 Å². The van der Waals surface area contributed by atoms with Crippen molar-refractivity contribution in [3.8, 4) is 0 Å². The molecule has 122 valence electrons. The number of nitrogens with one attached hydrogen (secondary N) is 2. The molecule has 0 spiro atoms. The summed E-state index contributed by atoms with van der Waals surface area (Å²) in [6.45, 7) is 1.76. The molecule has 23 heavy (non-hydrogen) atoms. The van der Waals surface area contributed by atoms with E-state index in [0.717, 1.165) is 5.56 Å². The van der Waals surface area contributed by atoms with Gasteiger partial charge in [-0.1, -0.05) is 12.1 Å². The van der Waals surface area contributed by atoms with Gasteiger partial charge in [0.25, 0.3) is 5.91 Å². The number of Topliss-reactive ketones (excluding diaryl/α,β-unsaturated/α-hetero) is 1. The number of benzene rings is 1. The third-order valence-corrected chi connectivity index (χ3v) is 3.65. The van der Waals surface area contributed by atoms with Crippen LogP contribution in [-0.2, 0) is 0 Å². The van der Waals surface area contributed by atoms with E-state index < -0.39 is 0 Å². The van der Waals surface area contributed by atoms with Gasteiger partial charge in [0, 0.05) is 18.3 Å². The van der Waals surface area contributed by atoms with E-state index >= 15 is 0 Å². The van der Waals surface area contributed by atoms with E-state index in [-0.39, 0.29) is 23.5 Å². The number of aromatic nitrogens is 1. The van der Waals surface area contributed by atoms with Crippen molar-refractivity contribution < 1.29 is 14.0 Å². The number of carbonyl (C=O) groups is 2. The van der Waals surface area contributed by atoms with Crippen molar-refractivity contribution in [2.45, 2.75) is 13.0 Å². The Morgan fingerprint density at radius 1 is 1.30 bits per heavy atom. The highest BCUT2D eigenvalue weighted by atomic mass is 19.1. The van der Waals surface area contributed by atoms with Crippen LogP contribution in [-0.4, -0.2) is 42.2 Å². The number of likely N-dealkylation sites (N-methyl/N-ethyl adjacent to an activating group) is 1. The van der Waals surface area contributed by atoms with E-state index in [4.69, 9.17) is 0 Å². The molecule has 0 aliphatic rings. The van der Waals surface area contributed by atoms with Crippen molar-refractivity contribution in [1.82, 2.24) is 15.2 Å². The number of ketones is 1. The standard InChI is InChI=1S/C17H20FN3O2/c1-11(22)13-8-15(19-9-13)17(23)20-10-16(21(2)3)12-5-4-6-14(18)7-12/h4-9,16,19H,10H2,1-3H3,(H,20,23). The second-order valence-electron chi connectivity index (χ2n) is 5.60. The molecule has 0 bridgehead atoms. The third-order valence-electron chi connectivity index (χ3n) is 3.65. The molecule has 2 N–H and O–H groups in total. The molecular formula is C17H20FN3O2. The van der Waals surface area contributed by atoms with Crippen molar-refractivity contribution >= 4 is 11.7 Å². The lowest BCUT2D eigenvalue weighted by Gasteiger charge is -2.25. The fraction of sp³-hybridized carbons (Fsp3) is 0.294. The summed E-state index contributed by atoms with van der Waals surface area (Å²) in [5.74, 6) is -0.719. The van der Waals surface area contributed by atoms with Crippen LogP contribution in [0.3, 0.4) is 0 Å². The number of nitrogens with zero attached hydrogens (tertiary/aromatic N) is 1. The summed E-state index contributed by atoms with van der Waals surface area (Å²) in [5, 5.41) is 2.80. The van der Waals surface area contributed by atoms with E-state index in [9.17, 15) is 14.0 Å². The Morgan fingerprint density at radius 3 is 2.61 bits per heavy atom. The summed E-state index contributed by atoms with van der Waals surface area (Å²) >= 11 is 0. The largest absolute Gasteiger partial charge is 0.356 e. The normalized spacial score (nSPS) is 12.2. The molecule has 0 saturated heterocycles. The van der Waals surface area contributed by atoms with Crippen LogP contribution in [0.25, 0.3) is 0 Å². The van der Waals surface area contributed by atoms with Gasteiger partial charge < -0.3 is 15.2 Å². The quantitative estimate of drug-likeness (QED) is 0.804. The highest BCUT2D eigenvalue weighted by Gasteiger charge is 2.17. The SMILES string of the molecule is CC(=O)c1c[nH]c(C(=O)NCC(c2cccc(F)c2)N(C)C)c1. The van der Waals surface area contributed by atoms with Gasteiger partial charge in [-0.15, -0.1) is 0 Å². The average Bonchev–Trinajstić information content (AvgIpc) is 2.97.